The van der Waals surface area contributed by atoms with Crippen LogP contribution in [0.1, 0.15) is 44.2 Å². The van der Waals surface area contributed by atoms with Gasteiger partial charge in [0.1, 0.15) is 6.10 Å². The third-order valence-corrected chi connectivity index (χ3v) is 3.36. The highest BCUT2D eigenvalue weighted by atomic mass is 16.5. The quantitative estimate of drug-likeness (QED) is 0.932. The average Bonchev–Trinajstić information content (AvgIpc) is 3.09. The van der Waals surface area contributed by atoms with E-state index in [-0.39, 0.29) is 12.1 Å². The molecule has 2 aromatic heterocycles. The average molecular weight is 288 g/mol. The van der Waals surface area contributed by atoms with E-state index in [1.807, 2.05) is 13.0 Å². The highest BCUT2D eigenvalue weighted by Crippen LogP contribution is 2.34. The van der Waals surface area contributed by atoms with Gasteiger partial charge in [-0.2, -0.15) is 0 Å². The summed E-state index contributed by atoms with van der Waals surface area (Å²) in [5, 5.41) is 7.17. The zero-order valence-electron chi connectivity index (χ0n) is 12.6. The number of nitrogens with zero attached hydrogens (tertiary/aromatic N) is 3. The van der Waals surface area contributed by atoms with Gasteiger partial charge in [-0.25, -0.2) is 9.97 Å². The van der Waals surface area contributed by atoms with Crippen molar-refractivity contribution in [2.24, 2.45) is 0 Å². The lowest BCUT2D eigenvalue weighted by molar-refractivity contribution is 0.109. The Morgan fingerprint density at radius 3 is 2.86 bits per heavy atom. The number of ether oxygens (including phenoxy) is 1. The fourth-order valence-electron chi connectivity index (χ4n) is 2.44. The van der Waals surface area contributed by atoms with Crippen LogP contribution in [0.5, 0.6) is 0 Å². The Labute approximate surface area is 123 Å². The second-order valence-corrected chi connectivity index (χ2v) is 5.63. The van der Waals surface area contributed by atoms with Gasteiger partial charge in [-0.3, -0.25) is 0 Å². The second kappa shape index (κ2) is 5.81. The summed E-state index contributed by atoms with van der Waals surface area (Å²) < 4.78 is 11.2. The number of nitrogens with one attached hydrogen (secondary N) is 1. The Kier molecular flexibility index (Phi) is 3.88. The molecular weight excluding hydrogens is 268 g/mol. The van der Waals surface area contributed by atoms with E-state index in [1.54, 1.807) is 6.20 Å². The largest absolute Gasteiger partial charge is 0.372 e. The van der Waals surface area contributed by atoms with Crippen LogP contribution in [0, 0.1) is 6.92 Å². The van der Waals surface area contributed by atoms with Gasteiger partial charge in [0, 0.05) is 24.9 Å². The van der Waals surface area contributed by atoms with E-state index in [1.165, 1.54) is 0 Å². The van der Waals surface area contributed by atoms with Crippen molar-refractivity contribution in [3.05, 3.63) is 23.7 Å². The lowest BCUT2D eigenvalue weighted by atomic mass is 10.1. The summed E-state index contributed by atoms with van der Waals surface area (Å²) >= 11 is 0. The van der Waals surface area contributed by atoms with E-state index < -0.39 is 0 Å². The van der Waals surface area contributed by atoms with Gasteiger partial charge in [-0.15, -0.1) is 0 Å². The number of hydrogen-bond donors (Lipinski definition) is 1. The number of rotatable bonds is 4. The maximum Gasteiger partial charge on any atom is 0.223 e. The standard InChI is InChI=1S/C15H20N4O2/c1-9(2)17-15-16-8-11(13-7-10(3)19-21-13)14(18-15)12-5-4-6-20-12/h7-9,12H,4-6H2,1-3H3,(H,16,17,18). The summed E-state index contributed by atoms with van der Waals surface area (Å²) in [7, 11) is 0. The molecule has 0 aliphatic carbocycles. The Morgan fingerprint density at radius 1 is 1.38 bits per heavy atom. The molecule has 2 aromatic rings. The molecule has 3 heterocycles. The summed E-state index contributed by atoms with van der Waals surface area (Å²) in [5.74, 6) is 1.31. The SMILES string of the molecule is Cc1cc(-c2cnc(NC(C)C)nc2C2CCCO2)on1. The minimum Gasteiger partial charge on any atom is -0.372 e. The molecule has 1 unspecified atom stereocenters. The summed E-state index contributed by atoms with van der Waals surface area (Å²) in [5.41, 5.74) is 2.58. The second-order valence-electron chi connectivity index (χ2n) is 5.63. The number of aryl methyl sites for hydroxylation is 1. The molecule has 21 heavy (non-hydrogen) atoms. The van der Waals surface area contributed by atoms with Gasteiger partial charge in [0.15, 0.2) is 5.76 Å². The van der Waals surface area contributed by atoms with Crippen LogP contribution < -0.4 is 5.32 Å². The summed E-state index contributed by atoms with van der Waals surface area (Å²) in [6.07, 6.45) is 3.81. The van der Waals surface area contributed by atoms with Crippen molar-refractivity contribution >= 4 is 5.95 Å². The first-order chi connectivity index (χ1) is 10.1. The zero-order valence-corrected chi connectivity index (χ0v) is 12.6. The molecule has 112 valence electrons. The number of aromatic nitrogens is 3. The van der Waals surface area contributed by atoms with Crippen LogP contribution in [0.2, 0.25) is 0 Å². The Bertz CT molecular complexity index is 618. The third kappa shape index (κ3) is 3.05. The molecule has 1 atom stereocenters. The van der Waals surface area contributed by atoms with Gasteiger partial charge in [-0.1, -0.05) is 5.16 Å². The lowest BCUT2D eigenvalue weighted by Crippen LogP contribution is -2.14. The first-order valence-corrected chi connectivity index (χ1v) is 7.32. The molecule has 1 aliphatic rings. The van der Waals surface area contributed by atoms with E-state index >= 15 is 0 Å². The monoisotopic (exact) mass is 288 g/mol. The molecule has 0 amide bonds. The fourth-order valence-corrected chi connectivity index (χ4v) is 2.44. The van der Waals surface area contributed by atoms with Crippen molar-refractivity contribution in [2.75, 3.05) is 11.9 Å². The van der Waals surface area contributed by atoms with Gasteiger partial charge in [0.25, 0.3) is 0 Å². The molecule has 0 bridgehead atoms. The normalized spacial score (nSPS) is 18.4. The van der Waals surface area contributed by atoms with Gasteiger partial charge in [-0.05, 0) is 33.6 Å². The van der Waals surface area contributed by atoms with E-state index in [9.17, 15) is 0 Å². The Hall–Kier alpha value is -1.95. The van der Waals surface area contributed by atoms with Gasteiger partial charge in [0.2, 0.25) is 5.95 Å². The predicted molar refractivity (Wildman–Crippen MR) is 79.0 cm³/mol. The van der Waals surface area contributed by atoms with E-state index in [0.29, 0.717) is 11.7 Å². The van der Waals surface area contributed by atoms with Crippen molar-refractivity contribution in [2.45, 2.75) is 45.8 Å². The topological polar surface area (TPSA) is 73.1 Å². The molecule has 0 spiro atoms. The smallest absolute Gasteiger partial charge is 0.223 e. The minimum atomic E-state index is 0.00104. The van der Waals surface area contributed by atoms with Gasteiger partial charge >= 0.3 is 0 Å². The fraction of sp³-hybridized carbons (Fsp3) is 0.533. The highest BCUT2D eigenvalue weighted by molar-refractivity contribution is 5.61. The summed E-state index contributed by atoms with van der Waals surface area (Å²) in [4.78, 5) is 9.02. The molecule has 0 saturated carbocycles. The van der Waals surface area contributed by atoms with E-state index in [0.717, 1.165) is 36.4 Å². The zero-order chi connectivity index (χ0) is 14.8. The first-order valence-electron chi connectivity index (χ1n) is 7.32. The van der Waals surface area contributed by atoms with Crippen LogP contribution in [0.15, 0.2) is 16.8 Å². The van der Waals surface area contributed by atoms with Gasteiger partial charge < -0.3 is 14.6 Å². The van der Waals surface area contributed by atoms with Crippen molar-refractivity contribution in [1.29, 1.82) is 0 Å². The van der Waals surface area contributed by atoms with Gasteiger partial charge in [0.05, 0.1) is 17.0 Å². The molecule has 1 aliphatic heterocycles. The van der Waals surface area contributed by atoms with Crippen molar-refractivity contribution < 1.29 is 9.26 Å². The Morgan fingerprint density at radius 2 is 2.24 bits per heavy atom. The van der Waals surface area contributed by atoms with Crippen LogP contribution in [0.3, 0.4) is 0 Å². The molecule has 0 aromatic carbocycles. The minimum absolute atomic E-state index is 0.00104. The first kappa shape index (κ1) is 14.0. The third-order valence-electron chi connectivity index (χ3n) is 3.36. The molecule has 1 N–H and O–H groups in total. The molecule has 3 rings (SSSR count). The summed E-state index contributed by atoms with van der Waals surface area (Å²) in [6, 6.07) is 2.17. The Balaban J connectivity index is 2.01. The van der Waals surface area contributed by atoms with Crippen molar-refractivity contribution in [3.63, 3.8) is 0 Å². The highest BCUT2D eigenvalue weighted by Gasteiger charge is 2.25. The molecule has 6 heteroatoms. The van der Waals surface area contributed by atoms with Crippen LogP contribution in [0.25, 0.3) is 11.3 Å². The number of hydrogen-bond acceptors (Lipinski definition) is 6. The van der Waals surface area contributed by atoms with Crippen molar-refractivity contribution in [3.8, 4) is 11.3 Å². The predicted octanol–water partition coefficient (Wildman–Crippen LogP) is 3.11. The summed E-state index contributed by atoms with van der Waals surface area (Å²) in [6.45, 7) is 6.79. The molecule has 0 radical (unpaired) electrons. The van der Waals surface area contributed by atoms with E-state index in [4.69, 9.17) is 9.26 Å². The van der Waals surface area contributed by atoms with E-state index in [2.05, 4.69) is 34.3 Å². The van der Waals surface area contributed by atoms with Crippen LogP contribution >= 0.6 is 0 Å². The molecule has 1 saturated heterocycles. The number of anilines is 1. The maximum absolute atomic E-state index is 5.79. The van der Waals surface area contributed by atoms with Crippen LogP contribution in [-0.2, 0) is 4.74 Å². The molecule has 6 nitrogen and oxygen atoms in total. The maximum atomic E-state index is 5.79. The van der Waals surface area contributed by atoms with Crippen molar-refractivity contribution in [1.82, 2.24) is 15.1 Å². The van der Waals surface area contributed by atoms with Crippen LogP contribution in [-0.4, -0.2) is 27.8 Å². The van der Waals surface area contributed by atoms with Crippen LogP contribution in [0.4, 0.5) is 5.95 Å². The molecular formula is C15H20N4O2. The lowest BCUT2D eigenvalue weighted by Gasteiger charge is -2.15. The molecule has 1 fully saturated rings.